The lowest BCUT2D eigenvalue weighted by atomic mass is 10.1. The molecule has 5 heteroatoms. The molecule has 0 bridgehead atoms. The van der Waals surface area contributed by atoms with E-state index >= 15 is 0 Å². The van der Waals surface area contributed by atoms with Crippen LogP contribution in [0, 0.1) is 0 Å². The smallest absolute Gasteiger partial charge is 0.235 e. The highest BCUT2D eigenvalue weighted by atomic mass is 32.2. The first kappa shape index (κ1) is 13.4. The maximum atomic E-state index is 11.8. The molecule has 0 spiro atoms. The summed E-state index contributed by atoms with van der Waals surface area (Å²) in [6.07, 6.45) is 0.720. The van der Waals surface area contributed by atoms with Gasteiger partial charge in [0.05, 0.1) is 11.4 Å². The molecular weight excluding hydrogens is 248 g/mol. The lowest BCUT2D eigenvalue weighted by molar-refractivity contribution is 0.597. The maximum Gasteiger partial charge on any atom is 0.235 e. The number of rotatable bonds is 4. The van der Waals surface area contributed by atoms with Crippen molar-refractivity contribution in [3.63, 3.8) is 0 Å². The van der Waals surface area contributed by atoms with Gasteiger partial charge < -0.3 is 5.32 Å². The number of hydrogen-bond acceptors (Lipinski definition) is 3. The predicted octanol–water partition coefficient (Wildman–Crippen LogP) is 1.90. The topological polar surface area (TPSA) is 49.4 Å². The number of anilines is 1. The van der Waals surface area contributed by atoms with Crippen LogP contribution in [-0.2, 0) is 10.0 Å². The molecule has 1 N–H and O–H groups in total. The molecule has 0 saturated carbocycles. The molecule has 1 heterocycles. The second-order valence-electron chi connectivity index (χ2n) is 4.61. The Bertz CT molecular complexity index is 496. The van der Waals surface area contributed by atoms with Crippen LogP contribution < -0.4 is 9.62 Å². The van der Waals surface area contributed by atoms with Gasteiger partial charge in [-0.1, -0.05) is 19.1 Å². The Morgan fingerprint density at radius 1 is 1.33 bits per heavy atom. The van der Waals surface area contributed by atoms with Crippen molar-refractivity contribution in [1.82, 2.24) is 5.32 Å². The minimum Gasteiger partial charge on any atom is -0.310 e. The first-order valence-corrected chi connectivity index (χ1v) is 7.99. The summed E-state index contributed by atoms with van der Waals surface area (Å²) < 4.78 is 25.1. The Morgan fingerprint density at radius 2 is 2.00 bits per heavy atom. The molecule has 1 atom stereocenters. The van der Waals surface area contributed by atoms with E-state index in [0.29, 0.717) is 12.6 Å². The standard InChI is InChI=1S/C13H20N2O2S/c1-3-14-11(2)12-5-7-13(8-6-12)15-9-4-10-18(15,16)17/h5-8,11,14H,3-4,9-10H2,1-2H3. The number of benzene rings is 1. The number of nitrogens with one attached hydrogen (secondary N) is 1. The van der Waals surface area contributed by atoms with Gasteiger partial charge in [-0.15, -0.1) is 0 Å². The van der Waals surface area contributed by atoms with Gasteiger partial charge in [0, 0.05) is 12.6 Å². The molecule has 2 rings (SSSR count). The summed E-state index contributed by atoms with van der Waals surface area (Å²) in [6.45, 7) is 5.70. The normalized spacial score (nSPS) is 20.0. The van der Waals surface area contributed by atoms with Crippen molar-refractivity contribution in [2.45, 2.75) is 26.3 Å². The molecule has 1 aliphatic heterocycles. The summed E-state index contributed by atoms with van der Waals surface area (Å²) in [5.74, 6) is 0.266. The van der Waals surface area contributed by atoms with Gasteiger partial charge in [-0.2, -0.15) is 0 Å². The van der Waals surface area contributed by atoms with Crippen LogP contribution in [0.4, 0.5) is 5.69 Å². The van der Waals surface area contributed by atoms with Crippen molar-refractivity contribution < 1.29 is 8.42 Å². The Labute approximate surface area is 109 Å². The predicted molar refractivity (Wildman–Crippen MR) is 74.3 cm³/mol. The largest absolute Gasteiger partial charge is 0.310 e. The van der Waals surface area contributed by atoms with E-state index in [2.05, 4.69) is 19.2 Å². The van der Waals surface area contributed by atoms with Crippen molar-refractivity contribution in [2.75, 3.05) is 23.1 Å². The molecule has 4 nitrogen and oxygen atoms in total. The Kier molecular flexibility index (Phi) is 3.92. The molecule has 0 amide bonds. The Morgan fingerprint density at radius 3 is 2.50 bits per heavy atom. The van der Waals surface area contributed by atoms with Gasteiger partial charge >= 0.3 is 0 Å². The highest BCUT2D eigenvalue weighted by Gasteiger charge is 2.28. The van der Waals surface area contributed by atoms with Gasteiger partial charge in [-0.05, 0) is 37.6 Å². The molecule has 100 valence electrons. The zero-order valence-electron chi connectivity index (χ0n) is 10.9. The van der Waals surface area contributed by atoms with Crippen LogP contribution in [0.3, 0.4) is 0 Å². The second kappa shape index (κ2) is 5.28. The number of hydrogen-bond donors (Lipinski definition) is 1. The minimum atomic E-state index is -3.07. The third-order valence-corrected chi connectivity index (χ3v) is 5.16. The van der Waals surface area contributed by atoms with Gasteiger partial charge in [0.1, 0.15) is 0 Å². The summed E-state index contributed by atoms with van der Waals surface area (Å²) in [4.78, 5) is 0. The molecular formula is C13H20N2O2S. The van der Waals surface area contributed by atoms with Crippen molar-refractivity contribution in [3.05, 3.63) is 29.8 Å². The average molecular weight is 268 g/mol. The SMILES string of the molecule is CCNC(C)c1ccc(N2CCCS2(=O)=O)cc1. The van der Waals surface area contributed by atoms with E-state index in [0.717, 1.165) is 18.7 Å². The molecule has 1 aromatic carbocycles. The van der Waals surface area contributed by atoms with E-state index in [1.165, 1.54) is 9.87 Å². The van der Waals surface area contributed by atoms with Gasteiger partial charge in [0.15, 0.2) is 0 Å². The highest BCUT2D eigenvalue weighted by molar-refractivity contribution is 7.93. The molecule has 18 heavy (non-hydrogen) atoms. The summed E-state index contributed by atoms with van der Waals surface area (Å²) in [7, 11) is -3.07. The van der Waals surface area contributed by atoms with Crippen molar-refractivity contribution in [2.24, 2.45) is 0 Å². The van der Waals surface area contributed by atoms with Crippen LogP contribution in [0.25, 0.3) is 0 Å². The lowest BCUT2D eigenvalue weighted by Gasteiger charge is -2.18. The molecule has 1 fully saturated rings. The fraction of sp³-hybridized carbons (Fsp3) is 0.538. The molecule has 1 aliphatic rings. The molecule has 1 unspecified atom stereocenters. The number of sulfonamides is 1. The van der Waals surface area contributed by atoms with Crippen LogP contribution in [0.15, 0.2) is 24.3 Å². The first-order valence-electron chi connectivity index (χ1n) is 6.38. The zero-order chi connectivity index (χ0) is 13.2. The fourth-order valence-electron chi connectivity index (χ4n) is 2.28. The van der Waals surface area contributed by atoms with Crippen LogP contribution >= 0.6 is 0 Å². The molecule has 1 saturated heterocycles. The third-order valence-electron chi connectivity index (χ3n) is 3.29. The van der Waals surface area contributed by atoms with E-state index in [1.807, 2.05) is 24.3 Å². The van der Waals surface area contributed by atoms with E-state index in [9.17, 15) is 8.42 Å². The lowest BCUT2D eigenvalue weighted by Crippen LogP contribution is -2.25. The fourth-order valence-corrected chi connectivity index (χ4v) is 3.85. The van der Waals surface area contributed by atoms with E-state index in [4.69, 9.17) is 0 Å². The molecule has 0 aromatic heterocycles. The Balaban J connectivity index is 2.18. The molecule has 1 aromatic rings. The van der Waals surface area contributed by atoms with E-state index in [-0.39, 0.29) is 5.75 Å². The first-order chi connectivity index (χ1) is 8.54. The Hall–Kier alpha value is -1.07. The van der Waals surface area contributed by atoms with Crippen LogP contribution in [0.5, 0.6) is 0 Å². The maximum absolute atomic E-state index is 11.8. The monoisotopic (exact) mass is 268 g/mol. The minimum absolute atomic E-state index is 0.266. The van der Waals surface area contributed by atoms with Gasteiger partial charge in [0.2, 0.25) is 10.0 Å². The summed E-state index contributed by atoms with van der Waals surface area (Å²) in [5.41, 5.74) is 1.96. The zero-order valence-corrected chi connectivity index (χ0v) is 11.7. The number of nitrogens with zero attached hydrogens (tertiary/aromatic N) is 1. The van der Waals surface area contributed by atoms with Gasteiger partial charge in [-0.25, -0.2) is 8.42 Å². The van der Waals surface area contributed by atoms with Crippen molar-refractivity contribution in [3.8, 4) is 0 Å². The van der Waals surface area contributed by atoms with E-state index in [1.54, 1.807) is 0 Å². The van der Waals surface area contributed by atoms with Crippen LogP contribution in [0.1, 0.15) is 31.9 Å². The second-order valence-corrected chi connectivity index (χ2v) is 6.63. The average Bonchev–Trinajstić information content (AvgIpc) is 2.69. The summed E-state index contributed by atoms with van der Waals surface area (Å²) >= 11 is 0. The molecule has 0 radical (unpaired) electrons. The van der Waals surface area contributed by atoms with Gasteiger partial charge in [0.25, 0.3) is 0 Å². The molecule has 0 aliphatic carbocycles. The van der Waals surface area contributed by atoms with Crippen LogP contribution in [0.2, 0.25) is 0 Å². The summed E-state index contributed by atoms with van der Waals surface area (Å²) in [5, 5.41) is 3.34. The summed E-state index contributed by atoms with van der Waals surface area (Å²) in [6, 6.07) is 8.07. The third kappa shape index (κ3) is 2.67. The highest BCUT2D eigenvalue weighted by Crippen LogP contribution is 2.25. The van der Waals surface area contributed by atoms with Gasteiger partial charge in [-0.3, -0.25) is 4.31 Å². The van der Waals surface area contributed by atoms with E-state index < -0.39 is 10.0 Å². The van der Waals surface area contributed by atoms with Crippen molar-refractivity contribution >= 4 is 15.7 Å². The quantitative estimate of drug-likeness (QED) is 0.907. The van der Waals surface area contributed by atoms with Crippen molar-refractivity contribution in [1.29, 1.82) is 0 Å². The van der Waals surface area contributed by atoms with Crippen LogP contribution in [-0.4, -0.2) is 27.3 Å².